The Bertz CT molecular complexity index is 606. The van der Waals surface area contributed by atoms with E-state index in [4.69, 9.17) is 11.6 Å². The topological polar surface area (TPSA) is 31.4 Å². The Labute approximate surface area is 139 Å². The normalized spacial score (nSPS) is 30.8. The first-order chi connectivity index (χ1) is 11.1. The molecule has 0 saturated carbocycles. The van der Waals surface area contributed by atoms with Crippen molar-refractivity contribution in [2.75, 3.05) is 37.6 Å². The van der Waals surface area contributed by atoms with Crippen LogP contribution < -0.4 is 10.2 Å². The van der Waals surface area contributed by atoms with Crippen LogP contribution in [0.1, 0.15) is 36.9 Å². The van der Waals surface area contributed by atoms with Gasteiger partial charge in [-0.3, -0.25) is 4.90 Å². The highest BCUT2D eigenvalue weighted by Gasteiger charge is 2.48. The van der Waals surface area contributed by atoms with Crippen molar-refractivity contribution < 1.29 is 8.78 Å². The first-order valence-corrected chi connectivity index (χ1v) is 8.64. The van der Waals surface area contributed by atoms with Crippen LogP contribution in [0.15, 0.2) is 6.07 Å². The van der Waals surface area contributed by atoms with Gasteiger partial charge >= 0.3 is 0 Å². The number of halogens is 3. The maximum Gasteiger partial charge on any atom is 0.280 e. The Hall–Kier alpha value is -0.980. The summed E-state index contributed by atoms with van der Waals surface area (Å²) < 4.78 is 26.7. The van der Waals surface area contributed by atoms with E-state index < -0.39 is 6.43 Å². The zero-order valence-corrected chi connectivity index (χ0v) is 13.9. The molecule has 3 atom stereocenters. The lowest BCUT2D eigenvalue weighted by Crippen LogP contribution is -2.70. The van der Waals surface area contributed by atoms with Crippen LogP contribution in [-0.4, -0.2) is 54.7 Å². The summed E-state index contributed by atoms with van der Waals surface area (Å²) in [6.45, 7) is 7.12. The van der Waals surface area contributed by atoms with Gasteiger partial charge in [0, 0.05) is 56.1 Å². The number of nitrogens with zero attached hydrogens (tertiary/aromatic N) is 3. The van der Waals surface area contributed by atoms with E-state index in [2.05, 4.69) is 20.1 Å². The van der Waals surface area contributed by atoms with Crippen molar-refractivity contribution in [1.29, 1.82) is 0 Å². The molecule has 0 amide bonds. The highest BCUT2D eigenvalue weighted by molar-refractivity contribution is 6.29. The molecular formula is C16H21ClF2N4. The lowest BCUT2D eigenvalue weighted by atomic mass is 9.77. The maximum absolute atomic E-state index is 13.4. The smallest absolute Gasteiger partial charge is 0.280 e. The summed E-state index contributed by atoms with van der Waals surface area (Å²) in [5, 5.41) is 3.54. The third kappa shape index (κ3) is 2.51. The Morgan fingerprint density at radius 2 is 2.04 bits per heavy atom. The predicted octanol–water partition coefficient (Wildman–Crippen LogP) is 2.64. The Kier molecular flexibility index (Phi) is 3.94. The van der Waals surface area contributed by atoms with Crippen LogP contribution in [0.25, 0.3) is 0 Å². The number of fused-ring (bicyclic) bond motifs is 3. The molecular weight excluding hydrogens is 322 g/mol. The van der Waals surface area contributed by atoms with Gasteiger partial charge in [-0.15, -0.1) is 0 Å². The van der Waals surface area contributed by atoms with Crippen molar-refractivity contribution in [3.8, 4) is 0 Å². The molecule has 4 nitrogen and oxygen atoms in total. The molecule has 0 aliphatic carbocycles. The molecule has 4 rings (SSSR count). The summed E-state index contributed by atoms with van der Waals surface area (Å²) in [6.07, 6.45) is -1.67. The van der Waals surface area contributed by atoms with Crippen LogP contribution in [-0.2, 0) is 0 Å². The van der Waals surface area contributed by atoms with Crippen molar-refractivity contribution in [1.82, 2.24) is 15.2 Å². The number of alkyl halides is 2. The van der Waals surface area contributed by atoms with Crippen LogP contribution in [0.5, 0.6) is 0 Å². The number of hydrogen-bond acceptors (Lipinski definition) is 4. The minimum atomic E-state index is -2.58. The van der Waals surface area contributed by atoms with Gasteiger partial charge in [-0.25, -0.2) is 13.8 Å². The third-order valence-corrected chi connectivity index (χ3v) is 5.68. The van der Waals surface area contributed by atoms with Crippen LogP contribution in [0.2, 0.25) is 5.15 Å². The van der Waals surface area contributed by atoms with E-state index in [0.717, 1.165) is 44.8 Å². The Morgan fingerprint density at radius 1 is 1.30 bits per heavy atom. The SMILES string of the molecule is CC1CC2C(N3CCNCC3)CN2c2cc(Cl)nc(C(F)F)c21. The molecule has 3 aliphatic heterocycles. The Balaban J connectivity index is 1.64. The van der Waals surface area contributed by atoms with E-state index in [1.165, 1.54) is 0 Å². The van der Waals surface area contributed by atoms with Gasteiger partial charge in [0.05, 0.1) is 0 Å². The lowest BCUT2D eigenvalue weighted by molar-refractivity contribution is 0.0975. The second kappa shape index (κ2) is 5.83. The second-order valence-electron chi connectivity index (χ2n) is 6.77. The van der Waals surface area contributed by atoms with E-state index in [0.29, 0.717) is 17.6 Å². The maximum atomic E-state index is 13.4. The van der Waals surface area contributed by atoms with Crippen LogP contribution >= 0.6 is 11.6 Å². The molecule has 126 valence electrons. The van der Waals surface area contributed by atoms with Gasteiger partial charge < -0.3 is 10.2 Å². The molecule has 23 heavy (non-hydrogen) atoms. The molecule has 1 aromatic rings. The molecule has 4 heterocycles. The van der Waals surface area contributed by atoms with Crippen LogP contribution in [0.4, 0.5) is 14.5 Å². The summed E-state index contributed by atoms with van der Waals surface area (Å²) in [6, 6.07) is 2.69. The minimum Gasteiger partial charge on any atom is -0.365 e. The molecule has 3 aliphatic rings. The fourth-order valence-corrected chi connectivity index (χ4v) is 4.57. The first-order valence-electron chi connectivity index (χ1n) is 8.26. The fourth-order valence-electron chi connectivity index (χ4n) is 4.38. The van der Waals surface area contributed by atoms with Gasteiger partial charge in [-0.05, 0) is 18.4 Å². The number of anilines is 1. The predicted molar refractivity (Wildman–Crippen MR) is 86.6 cm³/mol. The third-order valence-electron chi connectivity index (χ3n) is 5.49. The highest BCUT2D eigenvalue weighted by Crippen LogP contribution is 2.48. The zero-order valence-electron chi connectivity index (χ0n) is 13.1. The van der Waals surface area contributed by atoms with Gasteiger partial charge in [0.2, 0.25) is 0 Å². The van der Waals surface area contributed by atoms with Crippen LogP contribution in [0.3, 0.4) is 0 Å². The molecule has 0 radical (unpaired) electrons. The largest absolute Gasteiger partial charge is 0.365 e. The number of aromatic nitrogens is 1. The number of piperazine rings is 1. The van der Waals surface area contributed by atoms with Crippen molar-refractivity contribution in [2.24, 2.45) is 0 Å². The van der Waals surface area contributed by atoms with Gasteiger partial charge in [0.25, 0.3) is 6.43 Å². The molecule has 2 saturated heterocycles. The van der Waals surface area contributed by atoms with E-state index >= 15 is 0 Å². The monoisotopic (exact) mass is 342 g/mol. The standard InChI is InChI=1S/C16H21ClF2N4/c1-9-6-10-12(22-4-2-20-3-5-22)8-23(10)11-7-13(17)21-15(14(9)11)16(18)19/h7,9-10,12,16,20H,2-6,8H2,1H3. The van der Waals surface area contributed by atoms with E-state index in [-0.39, 0.29) is 16.8 Å². The summed E-state index contributed by atoms with van der Waals surface area (Å²) >= 11 is 6.01. The average Bonchev–Trinajstić information content (AvgIpc) is 2.51. The second-order valence-corrected chi connectivity index (χ2v) is 7.16. The molecule has 0 bridgehead atoms. The molecule has 0 aromatic carbocycles. The molecule has 0 spiro atoms. The van der Waals surface area contributed by atoms with E-state index in [9.17, 15) is 8.78 Å². The molecule has 2 fully saturated rings. The van der Waals surface area contributed by atoms with Gasteiger partial charge in [0.15, 0.2) is 0 Å². The van der Waals surface area contributed by atoms with Crippen molar-refractivity contribution in [2.45, 2.75) is 37.8 Å². The van der Waals surface area contributed by atoms with Crippen molar-refractivity contribution in [3.05, 3.63) is 22.5 Å². The summed E-state index contributed by atoms with van der Waals surface area (Å²) in [7, 11) is 0. The number of hydrogen-bond donors (Lipinski definition) is 1. The van der Waals surface area contributed by atoms with E-state index in [1.807, 2.05) is 6.92 Å². The first kappa shape index (κ1) is 15.5. The minimum absolute atomic E-state index is 0.0886. The number of rotatable bonds is 2. The lowest BCUT2D eigenvalue weighted by Gasteiger charge is -2.58. The average molecular weight is 343 g/mol. The van der Waals surface area contributed by atoms with E-state index in [1.54, 1.807) is 6.07 Å². The molecule has 1 aromatic heterocycles. The zero-order chi connectivity index (χ0) is 16.1. The van der Waals surface area contributed by atoms with Gasteiger partial charge in [-0.2, -0.15) is 0 Å². The molecule has 7 heteroatoms. The Morgan fingerprint density at radius 3 is 2.74 bits per heavy atom. The summed E-state index contributed by atoms with van der Waals surface area (Å²) in [5.74, 6) is 0.0886. The van der Waals surface area contributed by atoms with Crippen LogP contribution in [0, 0.1) is 0 Å². The quantitative estimate of drug-likeness (QED) is 0.837. The number of nitrogens with one attached hydrogen (secondary N) is 1. The van der Waals surface area contributed by atoms with Crippen molar-refractivity contribution in [3.63, 3.8) is 0 Å². The van der Waals surface area contributed by atoms with Crippen molar-refractivity contribution >= 4 is 17.3 Å². The fraction of sp³-hybridized carbons (Fsp3) is 0.688. The summed E-state index contributed by atoms with van der Waals surface area (Å²) in [5.41, 5.74) is 1.43. The van der Waals surface area contributed by atoms with Gasteiger partial charge in [0.1, 0.15) is 10.8 Å². The summed E-state index contributed by atoms with van der Waals surface area (Å²) in [4.78, 5) is 8.68. The van der Waals surface area contributed by atoms with Gasteiger partial charge in [-0.1, -0.05) is 18.5 Å². The number of pyridine rings is 1. The highest BCUT2D eigenvalue weighted by atomic mass is 35.5. The molecule has 1 N–H and O–H groups in total. The molecule has 3 unspecified atom stereocenters.